The number of fused-ring (bicyclic) bond motifs is 1. The first kappa shape index (κ1) is 31.7. The average Bonchev–Trinajstić information content (AvgIpc) is 3.60. The van der Waals surface area contributed by atoms with Gasteiger partial charge in [0.15, 0.2) is 0 Å². The summed E-state index contributed by atoms with van der Waals surface area (Å²) in [6, 6.07) is 3.79. The molecule has 4 atom stereocenters. The van der Waals surface area contributed by atoms with Crippen molar-refractivity contribution in [3.8, 4) is 0 Å². The monoisotopic (exact) mass is 648 g/mol. The van der Waals surface area contributed by atoms with Gasteiger partial charge in [-0.25, -0.2) is 4.68 Å². The van der Waals surface area contributed by atoms with Crippen molar-refractivity contribution in [1.29, 1.82) is 0 Å². The number of hydrogen-bond donors (Lipinski definition) is 2. The molecule has 6 rings (SSSR count). The number of aromatic nitrogens is 2. The van der Waals surface area contributed by atoms with Gasteiger partial charge in [0.25, 0.3) is 5.91 Å². The van der Waals surface area contributed by atoms with Gasteiger partial charge < -0.3 is 20.0 Å². The van der Waals surface area contributed by atoms with Gasteiger partial charge in [0.1, 0.15) is 5.41 Å². The second-order valence-corrected chi connectivity index (χ2v) is 13.5. The zero-order chi connectivity index (χ0) is 32.5. The summed E-state index contributed by atoms with van der Waals surface area (Å²) in [5.41, 5.74) is -3.09. The number of carbonyl (C=O) groups excluding carboxylic acids is 2. The molecule has 1 aromatic carbocycles. The maximum absolute atomic E-state index is 14.4. The lowest BCUT2D eigenvalue weighted by atomic mass is 9.71. The molecule has 1 saturated carbocycles. The van der Waals surface area contributed by atoms with Crippen LogP contribution in [0, 0.1) is 5.92 Å². The van der Waals surface area contributed by atoms with Crippen LogP contribution in [0.1, 0.15) is 71.4 Å². The predicted octanol–water partition coefficient (Wildman–Crippen LogP) is 4.12. The second kappa shape index (κ2) is 11.2. The third-order valence-corrected chi connectivity index (χ3v) is 10.6. The lowest BCUT2D eigenvalue weighted by Gasteiger charge is -2.31. The van der Waals surface area contributed by atoms with Crippen molar-refractivity contribution in [3.05, 3.63) is 63.5 Å². The second-order valence-electron chi connectivity index (χ2n) is 13.1. The third kappa shape index (κ3) is 5.09. The number of carboxylic acid groups (broad SMARTS) is 1. The van der Waals surface area contributed by atoms with Crippen molar-refractivity contribution in [3.63, 3.8) is 0 Å². The van der Waals surface area contributed by atoms with Gasteiger partial charge in [0, 0.05) is 25.4 Å². The van der Waals surface area contributed by atoms with Crippen LogP contribution in [0.3, 0.4) is 0 Å². The molecule has 1 aromatic heterocycles. The molecule has 2 heterocycles. The zero-order valence-electron chi connectivity index (χ0n) is 25.1. The quantitative estimate of drug-likeness (QED) is 0.453. The van der Waals surface area contributed by atoms with Gasteiger partial charge >= 0.3 is 12.1 Å². The highest BCUT2D eigenvalue weighted by Gasteiger charge is 2.65. The van der Waals surface area contributed by atoms with E-state index in [0.29, 0.717) is 30.6 Å². The molecule has 9 nitrogen and oxygen atoms in total. The van der Waals surface area contributed by atoms with E-state index in [9.17, 15) is 37.8 Å². The summed E-state index contributed by atoms with van der Waals surface area (Å²) in [6.45, 7) is 0.488. The molecule has 0 bridgehead atoms. The molecule has 13 heteroatoms. The number of benzene rings is 1. The number of alkyl halides is 3. The molecule has 1 saturated heterocycles. The van der Waals surface area contributed by atoms with Crippen molar-refractivity contribution >= 4 is 29.4 Å². The SMILES string of the molecule is CN(C)[C@H]1CN(C(=O)[C@H]2CCc3c(C4(C(=O)O)CC=CCC4)nn(C(=O)c4c(Cl)cccc4C4(C(F)(F)F)CC4)c3C2)C[C@@H]1O. The number of likely N-dealkylation sites (tertiary alicyclic amines) is 1. The first-order valence-electron chi connectivity index (χ1n) is 15.2. The smallest absolute Gasteiger partial charge is 0.398 e. The van der Waals surface area contributed by atoms with Gasteiger partial charge in [0.05, 0.1) is 39.5 Å². The Labute approximate surface area is 263 Å². The summed E-state index contributed by atoms with van der Waals surface area (Å²) in [5.74, 6) is -2.77. The van der Waals surface area contributed by atoms with E-state index < -0.39 is 40.9 Å². The largest absolute Gasteiger partial charge is 0.481 e. The fourth-order valence-electron chi connectivity index (χ4n) is 7.51. The Morgan fingerprint density at radius 3 is 2.42 bits per heavy atom. The maximum atomic E-state index is 14.4. The lowest BCUT2D eigenvalue weighted by Crippen LogP contribution is -2.40. The van der Waals surface area contributed by atoms with E-state index in [1.54, 1.807) is 11.0 Å². The molecule has 1 aliphatic heterocycles. The minimum Gasteiger partial charge on any atom is -0.481 e. The van der Waals surface area contributed by atoms with Crippen LogP contribution >= 0.6 is 11.6 Å². The number of carboxylic acids is 1. The van der Waals surface area contributed by atoms with Crippen molar-refractivity contribution in [2.24, 2.45) is 5.92 Å². The lowest BCUT2D eigenvalue weighted by molar-refractivity contribution is -0.160. The fraction of sp³-hybridized carbons (Fsp3) is 0.562. The van der Waals surface area contributed by atoms with Crippen molar-refractivity contribution < 1.29 is 37.8 Å². The van der Waals surface area contributed by atoms with Crippen LogP contribution in [-0.2, 0) is 33.3 Å². The van der Waals surface area contributed by atoms with Crippen molar-refractivity contribution in [2.45, 2.75) is 80.5 Å². The average molecular weight is 649 g/mol. The number of aliphatic hydroxyl groups is 1. The van der Waals surface area contributed by atoms with Gasteiger partial charge in [-0.05, 0) is 76.2 Å². The Morgan fingerprint density at radius 1 is 1.11 bits per heavy atom. The Morgan fingerprint density at radius 2 is 1.84 bits per heavy atom. The highest BCUT2D eigenvalue weighted by Crippen LogP contribution is 2.60. The highest BCUT2D eigenvalue weighted by atomic mass is 35.5. The molecule has 1 unspecified atom stereocenters. The van der Waals surface area contributed by atoms with Gasteiger partial charge in [-0.1, -0.05) is 35.9 Å². The van der Waals surface area contributed by atoms with E-state index in [2.05, 4.69) is 5.10 Å². The molecule has 4 aliphatic rings. The molecular formula is C32H36ClF3N4O5. The van der Waals surface area contributed by atoms with Gasteiger partial charge in [-0.15, -0.1) is 0 Å². The summed E-state index contributed by atoms with van der Waals surface area (Å²) in [4.78, 5) is 44.4. The van der Waals surface area contributed by atoms with Crippen LogP contribution in [0.15, 0.2) is 30.4 Å². The van der Waals surface area contributed by atoms with Crippen LogP contribution in [0.4, 0.5) is 13.2 Å². The summed E-state index contributed by atoms with van der Waals surface area (Å²) in [6.07, 6.45) is -0.479. The van der Waals surface area contributed by atoms with Crippen LogP contribution in [0.25, 0.3) is 0 Å². The molecule has 45 heavy (non-hydrogen) atoms. The first-order chi connectivity index (χ1) is 21.2. The Bertz CT molecular complexity index is 1580. The topological polar surface area (TPSA) is 116 Å². The van der Waals surface area contributed by atoms with Crippen molar-refractivity contribution in [1.82, 2.24) is 19.6 Å². The number of likely N-dealkylation sites (N-methyl/N-ethyl adjacent to an activating group) is 1. The molecule has 0 spiro atoms. The number of aliphatic hydroxyl groups excluding tert-OH is 1. The first-order valence-corrected chi connectivity index (χ1v) is 15.6. The summed E-state index contributed by atoms with van der Waals surface area (Å²) >= 11 is 6.47. The number of rotatable bonds is 6. The van der Waals surface area contributed by atoms with E-state index in [-0.39, 0.29) is 78.9 Å². The number of hydrogen-bond acceptors (Lipinski definition) is 6. The van der Waals surface area contributed by atoms with E-state index in [1.165, 1.54) is 18.2 Å². The van der Waals surface area contributed by atoms with E-state index in [1.807, 2.05) is 25.1 Å². The molecule has 3 aliphatic carbocycles. The number of nitrogens with zero attached hydrogens (tertiary/aromatic N) is 4. The van der Waals surface area contributed by atoms with Gasteiger partial charge in [0.2, 0.25) is 5.91 Å². The standard InChI is InChI=1S/C32H36ClF3N4O5/c1-38(2)23-16-39(17-24(23)41)27(42)18-9-10-19-22(15-18)40(37-26(19)30(29(44)45)11-4-3-5-12-30)28(43)25-20(7-6-8-21(25)33)31(13-14-31)32(34,35)36/h3-4,6-8,18,23-24,41H,5,9-17H2,1-2H3,(H,44,45)/t18-,23-,24-,30?/m0/s1. The molecule has 2 aromatic rings. The van der Waals surface area contributed by atoms with Crippen LogP contribution in [0.5, 0.6) is 0 Å². The van der Waals surface area contributed by atoms with E-state index >= 15 is 0 Å². The minimum absolute atomic E-state index is 0.0435. The predicted molar refractivity (Wildman–Crippen MR) is 158 cm³/mol. The number of amides is 1. The summed E-state index contributed by atoms with van der Waals surface area (Å²) < 4.78 is 43.9. The number of β-amino-alcohol motifs (C(OH)–C–C–N with tert-alkyl or cyclic N) is 1. The molecule has 2 fully saturated rings. The Hall–Kier alpha value is -3.22. The molecule has 0 radical (unpaired) electrons. The number of halogens is 4. The van der Waals surface area contributed by atoms with E-state index in [0.717, 1.165) is 4.68 Å². The highest BCUT2D eigenvalue weighted by molar-refractivity contribution is 6.34. The summed E-state index contributed by atoms with van der Waals surface area (Å²) in [7, 11) is 3.65. The van der Waals surface area contributed by atoms with E-state index in [4.69, 9.17) is 11.6 Å². The Kier molecular flexibility index (Phi) is 7.93. The number of allylic oxidation sites excluding steroid dienone is 2. The molecule has 242 valence electrons. The van der Waals surface area contributed by atoms with Gasteiger partial charge in [-0.2, -0.15) is 18.3 Å². The number of carbonyl (C=O) groups is 3. The molecule has 1 amide bonds. The van der Waals surface area contributed by atoms with Crippen LogP contribution < -0.4 is 0 Å². The summed E-state index contributed by atoms with van der Waals surface area (Å²) in [5, 5.41) is 25.5. The maximum Gasteiger partial charge on any atom is 0.398 e. The fourth-order valence-corrected chi connectivity index (χ4v) is 7.77. The van der Waals surface area contributed by atoms with Gasteiger partial charge in [-0.3, -0.25) is 14.4 Å². The van der Waals surface area contributed by atoms with Crippen LogP contribution in [-0.4, -0.2) is 93.1 Å². The zero-order valence-corrected chi connectivity index (χ0v) is 25.9. The molecular weight excluding hydrogens is 613 g/mol. The normalized spacial score (nSPS) is 27.5. The van der Waals surface area contributed by atoms with Crippen molar-refractivity contribution in [2.75, 3.05) is 27.2 Å². The number of aliphatic carboxylic acids is 1. The molecule has 2 N–H and O–H groups in total. The third-order valence-electron chi connectivity index (χ3n) is 10.3. The Balaban J connectivity index is 1.45. The van der Waals surface area contributed by atoms with Crippen LogP contribution in [0.2, 0.25) is 5.02 Å². The minimum atomic E-state index is -4.61.